The molecule has 0 radical (unpaired) electrons. The van der Waals surface area contributed by atoms with Crippen LogP contribution >= 0.6 is 0 Å². The molecule has 2 N–H and O–H groups in total. The van der Waals surface area contributed by atoms with Gasteiger partial charge in [0.05, 0.1) is 12.5 Å². The molecule has 1 aliphatic heterocycles. The van der Waals surface area contributed by atoms with Crippen molar-refractivity contribution in [3.8, 4) is 17.0 Å². The number of aromatic nitrogens is 2. The monoisotopic (exact) mass is 466 g/mol. The number of fused-ring (bicyclic) bond motifs is 1. The molecule has 0 unspecified atom stereocenters. The number of benzene rings is 2. The van der Waals surface area contributed by atoms with Crippen molar-refractivity contribution in [1.29, 1.82) is 0 Å². The van der Waals surface area contributed by atoms with Gasteiger partial charge in [-0.3, -0.25) is 14.4 Å². The van der Waals surface area contributed by atoms with Gasteiger partial charge in [0.1, 0.15) is 0 Å². The maximum Gasteiger partial charge on any atom is 0.259 e. The van der Waals surface area contributed by atoms with Crippen molar-refractivity contribution >= 4 is 27.6 Å². The highest BCUT2D eigenvalue weighted by Gasteiger charge is 2.28. The van der Waals surface area contributed by atoms with Gasteiger partial charge in [-0.2, -0.15) is 0 Å². The Hall–Kier alpha value is -3.46. The summed E-state index contributed by atoms with van der Waals surface area (Å²) in [6, 6.07) is 14.2. The first-order valence-electron chi connectivity index (χ1n) is 10.5. The fourth-order valence-electron chi connectivity index (χ4n) is 3.80. The van der Waals surface area contributed by atoms with Crippen LogP contribution in [0.3, 0.4) is 0 Å². The Morgan fingerprint density at radius 2 is 1.73 bits per heavy atom. The fraction of sp³-hybridized carbons (Fsp3) is 0.292. The Morgan fingerprint density at radius 1 is 1.06 bits per heavy atom. The predicted molar refractivity (Wildman–Crippen MR) is 128 cm³/mol. The van der Waals surface area contributed by atoms with Crippen molar-refractivity contribution in [3.63, 3.8) is 0 Å². The SMILES string of the molecule is CC(C)(C)c1ccc(-c2ccc3c(c2)CCN(c2cnc(O)c(NS(C)(=O)=O)n2)C3=O)cc1. The summed E-state index contributed by atoms with van der Waals surface area (Å²) in [4.78, 5) is 22.5. The lowest BCUT2D eigenvalue weighted by Crippen LogP contribution is -2.38. The topological polar surface area (TPSA) is 112 Å². The van der Waals surface area contributed by atoms with Gasteiger partial charge in [0.25, 0.3) is 11.8 Å². The summed E-state index contributed by atoms with van der Waals surface area (Å²) in [6.45, 7) is 6.89. The van der Waals surface area contributed by atoms with E-state index in [0.717, 1.165) is 22.9 Å². The van der Waals surface area contributed by atoms with Crippen LogP contribution in [0.4, 0.5) is 11.6 Å². The Balaban J connectivity index is 1.61. The van der Waals surface area contributed by atoms with E-state index in [1.165, 1.54) is 16.7 Å². The second kappa shape index (κ2) is 8.15. The number of hydrogen-bond donors (Lipinski definition) is 2. The minimum Gasteiger partial charge on any atom is -0.491 e. The molecule has 0 saturated carbocycles. The molecule has 2 heterocycles. The highest BCUT2D eigenvalue weighted by atomic mass is 32.2. The number of amides is 1. The molecule has 0 atom stereocenters. The first kappa shape index (κ1) is 22.7. The summed E-state index contributed by atoms with van der Waals surface area (Å²) >= 11 is 0. The highest BCUT2D eigenvalue weighted by Crippen LogP contribution is 2.31. The average molecular weight is 467 g/mol. The van der Waals surface area contributed by atoms with Gasteiger partial charge in [-0.15, -0.1) is 0 Å². The van der Waals surface area contributed by atoms with E-state index in [9.17, 15) is 18.3 Å². The number of aromatic hydroxyl groups is 1. The summed E-state index contributed by atoms with van der Waals surface area (Å²) in [6.07, 6.45) is 2.79. The molecule has 0 fully saturated rings. The number of rotatable bonds is 4. The number of nitrogens with one attached hydrogen (secondary N) is 1. The molecule has 8 nitrogen and oxygen atoms in total. The summed E-state index contributed by atoms with van der Waals surface area (Å²) in [5.41, 5.74) is 4.97. The number of carbonyl (C=O) groups is 1. The van der Waals surface area contributed by atoms with Crippen molar-refractivity contribution in [2.24, 2.45) is 0 Å². The predicted octanol–water partition coefficient (Wildman–Crippen LogP) is 3.72. The van der Waals surface area contributed by atoms with E-state index < -0.39 is 15.9 Å². The molecule has 0 saturated heterocycles. The van der Waals surface area contributed by atoms with Gasteiger partial charge in [0.2, 0.25) is 15.8 Å². The Bertz CT molecular complexity index is 1330. The van der Waals surface area contributed by atoms with Gasteiger partial charge in [0.15, 0.2) is 5.82 Å². The van der Waals surface area contributed by atoms with Crippen LogP contribution in [0.25, 0.3) is 11.1 Å². The summed E-state index contributed by atoms with van der Waals surface area (Å²) in [7, 11) is -3.67. The largest absolute Gasteiger partial charge is 0.491 e. The van der Waals surface area contributed by atoms with Crippen LogP contribution in [-0.2, 0) is 21.9 Å². The van der Waals surface area contributed by atoms with Crippen molar-refractivity contribution in [2.45, 2.75) is 32.6 Å². The van der Waals surface area contributed by atoms with Crippen LogP contribution in [0, 0.1) is 0 Å². The molecule has 1 amide bonds. The van der Waals surface area contributed by atoms with Crippen LogP contribution < -0.4 is 9.62 Å². The Labute approximate surface area is 193 Å². The lowest BCUT2D eigenvalue weighted by Gasteiger charge is -2.28. The van der Waals surface area contributed by atoms with Crippen molar-refractivity contribution in [1.82, 2.24) is 9.97 Å². The lowest BCUT2D eigenvalue weighted by atomic mass is 9.86. The van der Waals surface area contributed by atoms with E-state index in [2.05, 4.69) is 59.7 Å². The molecular weight excluding hydrogens is 440 g/mol. The van der Waals surface area contributed by atoms with Gasteiger partial charge >= 0.3 is 0 Å². The third-order valence-electron chi connectivity index (χ3n) is 5.57. The van der Waals surface area contributed by atoms with Gasteiger partial charge in [-0.1, -0.05) is 57.2 Å². The van der Waals surface area contributed by atoms with Crippen LogP contribution in [-0.4, -0.2) is 42.2 Å². The molecule has 0 bridgehead atoms. The standard InChI is InChI=1S/C24H26N4O4S/c1-24(2,3)18-8-5-15(6-9-18)16-7-10-19-17(13-16)11-12-28(23(19)30)20-14-25-22(29)21(26-20)27-33(4,31)32/h5-10,13-14H,11-12H2,1-4H3,(H,25,29)(H,26,27). The fourth-order valence-corrected chi connectivity index (χ4v) is 4.28. The van der Waals surface area contributed by atoms with E-state index in [4.69, 9.17) is 0 Å². The number of hydrogen-bond acceptors (Lipinski definition) is 6. The van der Waals surface area contributed by atoms with Crippen molar-refractivity contribution in [2.75, 3.05) is 22.4 Å². The van der Waals surface area contributed by atoms with Gasteiger partial charge in [0, 0.05) is 12.1 Å². The molecule has 0 spiro atoms. The first-order valence-corrected chi connectivity index (χ1v) is 12.4. The Kier molecular flexibility index (Phi) is 5.61. The zero-order chi connectivity index (χ0) is 24.0. The second-order valence-corrected chi connectivity index (χ2v) is 10.9. The molecule has 2 aromatic carbocycles. The van der Waals surface area contributed by atoms with Gasteiger partial charge in [-0.25, -0.2) is 18.4 Å². The highest BCUT2D eigenvalue weighted by molar-refractivity contribution is 7.92. The number of sulfonamides is 1. The van der Waals surface area contributed by atoms with Gasteiger partial charge in [-0.05, 0) is 40.2 Å². The van der Waals surface area contributed by atoms with Crippen molar-refractivity contribution in [3.05, 3.63) is 65.4 Å². The molecule has 0 aliphatic carbocycles. The zero-order valence-electron chi connectivity index (χ0n) is 19.0. The third-order valence-corrected chi connectivity index (χ3v) is 6.13. The maximum absolute atomic E-state index is 13.2. The molecule has 172 valence electrons. The maximum atomic E-state index is 13.2. The molecule has 1 aromatic heterocycles. The molecular formula is C24H26N4O4S. The van der Waals surface area contributed by atoms with E-state index in [0.29, 0.717) is 18.5 Å². The summed E-state index contributed by atoms with van der Waals surface area (Å²) in [5.74, 6) is -0.966. The number of carbonyl (C=O) groups excluding carboxylic acids is 1. The molecule has 1 aliphatic rings. The van der Waals surface area contributed by atoms with Crippen LogP contribution in [0.2, 0.25) is 0 Å². The van der Waals surface area contributed by atoms with Crippen molar-refractivity contribution < 1.29 is 18.3 Å². The molecule has 33 heavy (non-hydrogen) atoms. The second-order valence-electron chi connectivity index (χ2n) is 9.18. The summed E-state index contributed by atoms with van der Waals surface area (Å²) in [5, 5.41) is 9.82. The average Bonchev–Trinajstić information content (AvgIpc) is 2.74. The molecule has 3 aromatic rings. The molecule has 4 rings (SSSR count). The van der Waals surface area contributed by atoms with Crippen LogP contribution in [0.5, 0.6) is 5.88 Å². The minimum absolute atomic E-state index is 0.0814. The first-order chi connectivity index (χ1) is 15.4. The van der Waals surface area contributed by atoms with Crippen LogP contribution in [0.1, 0.15) is 42.3 Å². The lowest BCUT2D eigenvalue weighted by molar-refractivity contribution is 0.0979. The van der Waals surface area contributed by atoms with E-state index in [-0.39, 0.29) is 23.0 Å². The third kappa shape index (κ3) is 4.83. The van der Waals surface area contributed by atoms with E-state index in [1.54, 1.807) is 6.07 Å². The quantitative estimate of drug-likeness (QED) is 0.606. The normalized spacial score (nSPS) is 14.2. The zero-order valence-corrected chi connectivity index (χ0v) is 19.8. The smallest absolute Gasteiger partial charge is 0.259 e. The number of anilines is 2. The van der Waals surface area contributed by atoms with E-state index in [1.807, 2.05) is 12.1 Å². The van der Waals surface area contributed by atoms with E-state index >= 15 is 0 Å². The van der Waals surface area contributed by atoms with Gasteiger partial charge < -0.3 is 5.11 Å². The Morgan fingerprint density at radius 3 is 2.36 bits per heavy atom. The van der Waals surface area contributed by atoms with Crippen LogP contribution in [0.15, 0.2) is 48.7 Å². The molecule has 9 heteroatoms. The summed E-state index contributed by atoms with van der Waals surface area (Å²) < 4.78 is 25.1. The minimum atomic E-state index is -3.67. The number of nitrogens with zero attached hydrogens (tertiary/aromatic N) is 3.